The molecule has 0 bridgehead atoms. The first-order valence-corrected chi connectivity index (χ1v) is 8.10. The minimum atomic E-state index is -0.169. The molecule has 2 N–H and O–H groups in total. The van der Waals surface area contributed by atoms with Crippen LogP contribution in [0.4, 0.5) is 4.39 Å². The number of aryl methyl sites for hydroxylation is 2. The predicted octanol–water partition coefficient (Wildman–Crippen LogP) is 4.19. The van der Waals surface area contributed by atoms with E-state index in [-0.39, 0.29) is 11.9 Å². The topological polar surface area (TPSA) is 26.0 Å². The molecule has 20 heavy (non-hydrogen) atoms. The van der Waals surface area contributed by atoms with Gasteiger partial charge in [0, 0.05) is 16.8 Å². The van der Waals surface area contributed by atoms with Gasteiger partial charge in [0.15, 0.2) is 0 Å². The van der Waals surface area contributed by atoms with Gasteiger partial charge in [-0.2, -0.15) is 0 Å². The Morgan fingerprint density at radius 2 is 2.25 bits per heavy atom. The molecule has 1 aromatic heterocycles. The zero-order valence-corrected chi connectivity index (χ0v) is 12.5. The minimum absolute atomic E-state index is 0.0733. The molecule has 0 saturated heterocycles. The summed E-state index contributed by atoms with van der Waals surface area (Å²) in [5.74, 6) is 0.255. The van der Waals surface area contributed by atoms with Crippen molar-refractivity contribution in [2.24, 2.45) is 5.73 Å². The summed E-state index contributed by atoms with van der Waals surface area (Å²) in [6.07, 6.45) is 4.31. The molecule has 0 saturated carbocycles. The molecule has 106 valence electrons. The van der Waals surface area contributed by atoms with E-state index in [4.69, 9.17) is 5.73 Å². The van der Waals surface area contributed by atoms with Gasteiger partial charge >= 0.3 is 0 Å². The predicted molar refractivity (Wildman–Crippen MR) is 82.8 cm³/mol. The van der Waals surface area contributed by atoms with Crippen molar-refractivity contribution in [1.29, 1.82) is 0 Å². The van der Waals surface area contributed by atoms with E-state index in [1.54, 1.807) is 6.07 Å². The van der Waals surface area contributed by atoms with Crippen LogP contribution >= 0.6 is 11.3 Å². The summed E-state index contributed by atoms with van der Waals surface area (Å²) < 4.78 is 13.4. The molecule has 2 unspecified atom stereocenters. The van der Waals surface area contributed by atoms with Crippen molar-refractivity contribution in [1.82, 2.24) is 0 Å². The Morgan fingerprint density at radius 3 is 3.10 bits per heavy atom. The van der Waals surface area contributed by atoms with E-state index in [1.807, 2.05) is 24.3 Å². The number of hydrogen-bond acceptors (Lipinski definition) is 2. The lowest BCUT2D eigenvalue weighted by Gasteiger charge is -2.28. The summed E-state index contributed by atoms with van der Waals surface area (Å²) >= 11 is 1.84. The maximum absolute atomic E-state index is 13.4. The SMILES string of the molecule is Cc1ccc(F)cc1CC(N)C1CCCc2sccc21. The van der Waals surface area contributed by atoms with E-state index < -0.39 is 0 Å². The van der Waals surface area contributed by atoms with Gasteiger partial charge < -0.3 is 5.73 Å². The third-order valence-electron chi connectivity index (χ3n) is 4.38. The third kappa shape index (κ3) is 2.65. The Labute approximate surface area is 123 Å². The second-order valence-electron chi connectivity index (χ2n) is 5.74. The first-order valence-electron chi connectivity index (χ1n) is 7.22. The smallest absolute Gasteiger partial charge is 0.123 e. The monoisotopic (exact) mass is 289 g/mol. The van der Waals surface area contributed by atoms with Gasteiger partial charge in [-0.25, -0.2) is 4.39 Å². The number of rotatable bonds is 3. The van der Waals surface area contributed by atoms with E-state index in [1.165, 1.54) is 29.3 Å². The van der Waals surface area contributed by atoms with Crippen LogP contribution in [-0.2, 0) is 12.8 Å². The van der Waals surface area contributed by atoms with Gasteiger partial charge in [-0.3, -0.25) is 0 Å². The van der Waals surface area contributed by atoms with Crippen molar-refractivity contribution >= 4 is 11.3 Å². The quantitative estimate of drug-likeness (QED) is 0.901. The molecule has 0 amide bonds. The molecule has 0 fully saturated rings. The Hall–Kier alpha value is -1.19. The molecule has 1 aliphatic carbocycles. The average Bonchev–Trinajstić information content (AvgIpc) is 2.91. The summed E-state index contributed by atoms with van der Waals surface area (Å²) in [6, 6.07) is 7.29. The van der Waals surface area contributed by atoms with Crippen LogP contribution in [0.25, 0.3) is 0 Å². The third-order valence-corrected chi connectivity index (χ3v) is 5.38. The number of halogens is 1. The maximum Gasteiger partial charge on any atom is 0.123 e. The fourth-order valence-electron chi connectivity index (χ4n) is 3.22. The molecule has 0 radical (unpaired) electrons. The lowest BCUT2D eigenvalue weighted by molar-refractivity contribution is 0.462. The van der Waals surface area contributed by atoms with E-state index in [0.29, 0.717) is 5.92 Å². The van der Waals surface area contributed by atoms with Crippen LogP contribution in [0.15, 0.2) is 29.6 Å². The van der Waals surface area contributed by atoms with Crippen LogP contribution < -0.4 is 5.73 Å². The van der Waals surface area contributed by atoms with Crippen molar-refractivity contribution in [3.8, 4) is 0 Å². The van der Waals surface area contributed by atoms with Gasteiger partial charge in [0.1, 0.15) is 5.82 Å². The number of hydrogen-bond donors (Lipinski definition) is 1. The molecule has 2 atom stereocenters. The molecule has 3 heteroatoms. The molecule has 0 spiro atoms. The number of thiophene rings is 1. The highest BCUT2D eigenvalue weighted by molar-refractivity contribution is 7.10. The summed E-state index contributed by atoms with van der Waals surface area (Å²) in [4.78, 5) is 1.49. The number of fused-ring (bicyclic) bond motifs is 1. The summed E-state index contributed by atoms with van der Waals surface area (Å²) in [5.41, 5.74) is 10.1. The Morgan fingerprint density at radius 1 is 1.40 bits per heavy atom. The van der Waals surface area contributed by atoms with Crippen LogP contribution in [0.1, 0.15) is 40.3 Å². The summed E-state index contributed by atoms with van der Waals surface area (Å²) in [5, 5.41) is 2.17. The second kappa shape index (κ2) is 5.66. The largest absolute Gasteiger partial charge is 0.327 e. The van der Waals surface area contributed by atoms with Crippen molar-refractivity contribution in [3.63, 3.8) is 0 Å². The van der Waals surface area contributed by atoms with Crippen molar-refractivity contribution < 1.29 is 4.39 Å². The van der Waals surface area contributed by atoms with Gasteiger partial charge in [-0.05, 0) is 72.9 Å². The molecule has 2 aromatic rings. The lowest BCUT2D eigenvalue weighted by atomic mass is 9.80. The number of nitrogens with two attached hydrogens (primary N) is 1. The van der Waals surface area contributed by atoms with E-state index >= 15 is 0 Å². The van der Waals surface area contributed by atoms with Crippen LogP contribution in [0.5, 0.6) is 0 Å². The van der Waals surface area contributed by atoms with Crippen molar-refractivity contribution in [2.75, 3.05) is 0 Å². The fourth-order valence-corrected chi connectivity index (χ4v) is 4.22. The van der Waals surface area contributed by atoms with Crippen LogP contribution in [0.2, 0.25) is 0 Å². The zero-order chi connectivity index (χ0) is 14.1. The Balaban J connectivity index is 1.81. The molecule has 1 nitrogen and oxygen atoms in total. The first-order chi connectivity index (χ1) is 9.65. The fraction of sp³-hybridized carbons (Fsp3) is 0.412. The second-order valence-corrected chi connectivity index (χ2v) is 6.74. The highest BCUT2D eigenvalue weighted by atomic mass is 32.1. The van der Waals surface area contributed by atoms with E-state index in [9.17, 15) is 4.39 Å². The van der Waals surface area contributed by atoms with Crippen LogP contribution in [0, 0.1) is 12.7 Å². The zero-order valence-electron chi connectivity index (χ0n) is 11.7. The molecule has 1 heterocycles. The van der Waals surface area contributed by atoms with Gasteiger partial charge in [0.25, 0.3) is 0 Å². The average molecular weight is 289 g/mol. The Kier molecular flexibility index (Phi) is 3.90. The molecule has 0 aliphatic heterocycles. The molecular formula is C17H20FNS. The van der Waals surface area contributed by atoms with Crippen LogP contribution in [-0.4, -0.2) is 6.04 Å². The van der Waals surface area contributed by atoms with Gasteiger partial charge in [-0.1, -0.05) is 6.07 Å². The molecule has 1 aliphatic rings. The highest BCUT2D eigenvalue weighted by Gasteiger charge is 2.26. The maximum atomic E-state index is 13.4. The van der Waals surface area contributed by atoms with Crippen LogP contribution in [0.3, 0.4) is 0 Å². The van der Waals surface area contributed by atoms with E-state index in [2.05, 4.69) is 11.4 Å². The molecular weight excluding hydrogens is 269 g/mol. The van der Waals surface area contributed by atoms with Crippen molar-refractivity contribution in [3.05, 3.63) is 57.0 Å². The number of benzene rings is 1. The molecule has 1 aromatic carbocycles. The van der Waals surface area contributed by atoms with Crippen molar-refractivity contribution in [2.45, 2.75) is 44.6 Å². The first kappa shape index (κ1) is 13.8. The summed E-state index contributed by atoms with van der Waals surface area (Å²) in [6.45, 7) is 2.03. The van der Waals surface area contributed by atoms with Gasteiger partial charge in [0.2, 0.25) is 0 Å². The standard InChI is InChI=1S/C17H20FNS/c1-11-5-6-13(18)9-12(11)10-16(19)14-3-2-4-17-15(14)7-8-20-17/h5-9,14,16H,2-4,10,19H2,1H3. The lowest BCUT2D eigenvalue weighted by Crippen LogP contribution is -2.32. The molecule has 3 rings (SSSR count). The van der Waals surface area contributed by atoms with Gasteiger partial charge in [0.05, 0.1) is 0 Å². The minimum Gasteiger partial charge on any atom is -0.327 e. The summed E-state index contributed by atoms with van der Waals surface area (Å²) in [7, 11) is 0. The van der Waals surface area contributed by atoms with Gasteiger partial charge in [-0.15, -0.1) is 11.3 Å². The highest BCUT2D eigenvalue weighted by Crippen LogP contribution is 2.37. The normalized spacial score (nSPS) is 19.6. The van der Waals surface area contributed by atoms with E-state index in [0.717, 1.165) is 24.0 Å². The Bertz CT molecular complexity index is 605.